The summed E-state index contributed by atoms with van der Waals surface area (Å²) in [6.07, 6.45) is 1.88. The highest BCUT2D eigenvalue weighted by Crippen LogP contribution is 2.29. The van der Waals surface area contributed by atoms with Crippen LogP contribution in [0.4, 0.5) is 0 Å². The second kappa shape index (κ2) is 5.76. The van der Waals surface area contributed by atoms with E-state index in [9.17, 15) is 0 Å². The lowest BCUT2D eigenvalue weighted by Gasteiger charge is -2.19. The molecule has 3 heteroatoms. The number of rotatable bonds is 3. The SMILES string of the molecule is CC(C)(C)c1ccc(Sc2ccc(CN)nc2)cc1. The zero-order valence-corrected chi connectivity index (χ0v) is 12.5. The van der Waals surface area contributed by atoms with Gasteiger partial charge < -0.3 is 5.73 Å². The van der Waals surface area contributed by atoms with E-state index in [1.54, 1.807) is 11.8 Å². The van der Waals surface area contributed by atoms with Crippen molar-refractivity contribution in [1.29, 1.82) is 0 Å². The predicted molar refractivity (Wildman–Crippen MR) is 81.4 cm³/mol. The summed E-state index contributed by atoms with van der Waals surface area (Å²) in [7, 11) is 0. The summed E-state index contributed by atoms with van der Waals surface area (Å²) < 4.78 is 0. The Bertz CT molecular complexity index is 524. The molecule has 100 valence electrons. The molecule has 0 radical (unpaired) electrons. The molecule has 0 fully saturated rings. The van der Waals surface area contributed by atoms with Crippen LogP contribution >= 0.6 is 11.8 Å². The molecule has 1 heterocycles. The highest BCUT2D eigenvalue weighted by Gasteiger charge is 2.12. The summed E-state index contributed by atoms with van der Waals surface area (Å²) in [6, 6.07) is 12.8. The quantitative estimate of drug-likeness (QED) is 0.918. The van der Waals surface area contributed by atoms with Gasteiger partial charge in [0, 0.05) is 22.5 Å². The van der Waals surface area contributed by atoms with E-state index in [1.807, 2.05) is 12.3 Å². The van der Waals surface area contributed by atoms with Crippen LogP contribution in [0.1, 0.15) is 32.0 Å². The first-order chi connectivity index (χ1) is 8.99. The molecule has 0 spiro atoms. The number of nitrogens with two attached hydrogens (primary N) is 1. The van der Waals surface area contributed by atoms with Gasteiger partial charge in [0.1, 0.15) is 0 Å². The Kier molecular flexibility index (Phi) is 4.27. The molecular formula is C16H20N2S. The fourth-order valence-corrected chi connectivity index (χ4v) is 2.54. The third kappa shape index (κ3) is 3.82. The van der Waals surface area contributed by atoms with Crippen molar-refractivity contribution < 1.29 is 0 Å². The molecule has 19 heavy (non-hydrogen) atoms. The van der Waals surface area contributed by atoms with Gasteiger partial charge in [0.15, 0.2) is 0 Å². The first-order valence-corrected chi connectivity index (χ1v) is 7.24. The standard InChI is InChI=1S/C16H20N2S/c1-16(2,3)12-4-7-14(8-5-12)19-15-9-6-13(10-17)18-11-15/h4-9,11H,10,17H2,1-3H3. The second-order valence-electron chi connectivity index (χ2n) is 5.57. The van der Waals surface area contributed by atoms with Crippen LogP contribution in [0.25, 0.3) is 0 Å². The van der Waals surface area contributed by atoms with Crippen LogP contribution in [-0.4, -0.2) is 4.98 Å². The van der Waals surface area contributed by atoms with Crippen molar-refractivity contribution in [3.63, 3.8) is 0 Å². The number of benzene rings is 1. The summed E-state index contributed by atoms with van der Waals surface area (Å²) in [5, 5.41) is 0. The van der Waals surface area contributed by atoms with E-state index in [0.29, 0.717) is 6.54 Å². The highest BCUT2D eigenvalue weighted by atomic mass is 32.2. The number of hydrogen-bond acceptors (Lipinski definition) is 3. The molecule has 0 saturated heterocycles. The van der Waals surface area contributed by atoms with E-state index in [4.69, 9.17) is 5.73 Å². The van der Waals surface area contributed by atoms with Crippen LogP contribution in [0.15, 0.2) is 52.4 Å². The zero-order chi connectivity index (χ0) is 13.9. The van der Waals surface area contributed by atoms with Crippen molar-refractivity contribution >= 4 is 11.8 Å². The van der Waals surface area contributed by atoms with Crippen molar-refractivity contribution in [1.82, 2.24) is 4.98 Å². The Labute approximate surface area is 119 Å². The zero-order valence-electron chi connectivity index (χ0n) is 11.7. The minimum absolute atomic E-state index is 0.202. The predicted octanol–water partition coefficient (Wildman–Crippen LogP) is 3.99. The number of hydrogen-bond donors (Lipinski definition) is 1. The van der Waals surface area contributed by atoms with Crippen molar-refractivity contribution in [2.75, 3.05) is 0 Å². The van der Waals surface area contributed by atoms with E-state index in [-0.39, 0.29) is 5.41 Å². The fourth-order valence-electron chi connectivity index (χ4n) is 1.75. The van der Waals surface area contributed by atoms with Gasteiger partial charge in [0.2, 0.25) is 0 Å². The summed E-state index contributed by atoms with van der Waals surface area (Å²) in [6.45, 7) is 7.17. The maximum Gasteiger partial charge on any atom is 0.0540 e. The third-order valence-electron chi connectivity index (χ3n) is 2.96. The average Bonchev–Trinajstić information content (AvgIpc) is 2.39. The van der Waals surface area contributed by atoms with Crippen molar-refractivity contribution in [2.24, 2.45) is 5.73 Å². The minimum Gasteiger partial charge on any atom is -0.325 e. The van der Waals surface area contributed by atoms with Gasteiger partial charge in [-0.25, -0.2) is 0 Å². The van der Waals surface area contributed by atoms with Gasteiger partial charge in [-0.15, -0.1) is 0 Å². The normalized spacial score (nSPS) is 11.6. The first kappa shape index (κ1) is 14.1. The molecular weight excluding hydrogens is 252 g/mol. The van der Waals surface area contributed by atoms with E-state index in [1.165, 1.54) is 10.5 Å². The Hall–Kier alpha value is -1.32. The molecule has 0 amide bonds. The smallest absolute Gasteiger partial charge is 0.0540 e. The molecule has 0 aliphatic carbocycles. The molecule has 2 N–H and O–H groups in total. The summed E-state index contributed by atoms with van der Waals surface area (Å²) in [5.41, 5.74) is 8.02. The lowest BCUT2D eigenvalue weighted by Crippen LogP contribution is -2.10. The molecule has 0 saturated carbocycles. The maximum absolute atomic E-state index is 5.54. The van der Waals surface area contributed by atoms with Gasteiger partial charge in [-0.1, -0.05) is 44.7 Å². The van der Waals surface area contributed by atoms with Gasteiger partial charge in [-0.2, -0.15) is 0 Å². The van der Waals surface area contributed by atoms with E-state index in [2.05, 4.69) is 56.1 Å². The van der Waals surface area contributed by atoms with Crippen LogP contribution in [-0.2, 0) is 12.0 Å². The monoisotopic (exact) mass is 272 g/mol. The molecule has 0 unspecified atom stereocenters. The molecule has 1 aromatic heterocycles. The largest absolute Gasteiger partial charge is 0.325 e. The van der Waals surface area contributed by atoms with Gasteiger partial charge in [0.25, 0.3) is 0 Å². The highest BCUT2D eigenvalue weighted by molar-refractivity contribution is 7.99. The Morgan fingerprint density at radius 1 is 1.00 bits per heavy atom. The van der Waals surface area contributed by atoms with Crippen LogP contribution in [0.3, 0.4) is 0 Å². The lowest BCUT2D eigenvalue weighted by atomic mass is 9.87. The van der Waals surface area contributed by atoms with Crippen molar-refractivity contribution in [3.8, 4) is 0 Å². The van der Waals surface area contributed by atoms with Crippen LogP contribution in [0.5, 0.6) is 0 Å². The van der Waals surface area contributed by atoms with Gasteiger partial charge in [-0.3, -0.25) is 4.98 Å². The van der Waals surface area contributed by atoms with Crippen molar-refractivity contribution in [2.45, 2.75) is 42.5 Å². The van der Waals surface area contributed by atoms with E-state index >= 15 is 0 Å². The van der Waals surface area contributed by atoms with E-state index < -0.39 is 0 Å². The Morgan fingerprint density at radius 3 is 2.11 bits per heavy atom. The molecule has 0 aliphatic heterocycles. The molecule has 0 aliphatic rings. The Morgan fingerprint density at radius 2 is 1.63 bits per heavy atom. The van der Waals surface area contributed by atoms with E-state index in [0.717, 1.165) is 10.6 Å². The summed E-state index contributed by atoms with van der Waals surface area (Å²) in [5.74, 6) is 0. The topological polar surface area (TPSA) is 38.9 Å². The number of nitrogens with zero attached hydrogens (tertiary/aromatic N) is 1. The number of pyridine rings is 1. The van der Waals surface area contributed by atoms with Crippen LogP contribution < -0.4 is 5.73 Å². The lowest BCUT2D eigenvalue weighted by molar-refractivity contribution is 0.590. The van der Waals surface area contributed by atoms with Gasteiger partial charge >= 0.3 is 0 Å². The molecule has 0 bridgehead atoms. The fraction of sp³-hybridized carbons (Fsp3) is 0.312. The number of aromatic nitrogens is 1. The second-order valence-corrected chi connectivity index (χ2v) is 6.71. The molecule has 0 atom stereocenters. The molecule has 1 aromatic carbocycles. The van der Waals surface area contributed by atoms with Gasteiger partial charge in [0.05, 0.1) is 5.69 Å². The van der Waals surface area contributed by atoms with Crippen molar-refractivity contribution in [3.05, 3.63) is 53.9 Å². The van der Waals surface area contributed by atoms with Crippen LogP contribution in [0.2, 0.25) is 0 Å². The third-order valence-corrected chi connectivity index (χ3v) is 3.95. The maximum atomic E-state index is 5.54. The first-order valence-electron chi connectivity index (χ1n) is 6.42. The van der Waals surface area contributed by atoms with Crippen LogP contribution in [0, 0.1) is 0 Å². The molecule has 2 aromatic rings. The molecule has 2 rings (SSSR count). The summed E-state index contributed by atoms with van der Waals surface area (Å²) in [4.78, 5) is 6.68. The Balaban J connectivity index is 2.10. The summed E-state index contributed by atoms with van der Waals surface area (Å²) >= 11 is 1.72. The average molecular weight is 272 g/mol. The van der Waals surface area contributed by atoms with Gasteiger partial charge in [-0.05, 0) is 35.2 Å². The molecule has 2 nitrogen and oxygen atoms in total. The minimum atomic E-state index is 0.202.